The number of hydrogen-bond acceptors (Lipinski definition) is 3. The van der Waals surface area contributed by atoms with Crippen LogP contribution in [0.2, 0.25) is 0 Å². The first-order chi connectivity index (χ1) is 10.8. The molecule has 0 radical (unpaired) electrons. The molecule has 5 heteroatoms. The van der Waals surface area contributed by atoms with Crippen LogP contribution >= 0.6 is 0 Å². The second-order valence-electron chi connectivity index (χ2n) is 5.13. The number of aromatic nitrogens is 1. The first-order valence-corrected chi connectivity index (χ1v) is 7.48. The van der Waals surface area contributed by atoms with Crippen LogP contribution < -0.4 is 5.32 Å². The molecule has 0 spiro atoms. The van der Waals surface area contributed by atoms with E-state index in [0.717, 1.165) is 49.3 Å². The summed E-state index contributed by atoms with van der Waals surface area (Å²) >= 11 is 0. The summed E-state index contributed by atoms with van der Waals surface area (Å²) in [4.78, 5) is 11.3. The van der Waals surface area contributed by atoms with Gasteiger partial charge in [-0.05, 0) is 31.2 Å². The number of ether oxygens (including phenoxy) is 1. The largest absolute Gasteiger partial charge is 0.378 e. The van der Waals surface area contributed by atoms with E-state index in [1.54, 1.807) is 6.20 Å². The van der Waals surface area contributed by atoms with Gasteiger partial charge in [0.05, 0.1) is 24.6 Å². The molecule has 1 aliphatic rings. The van der Waals surface area contributed by atoms with Crippen molar-refractivity contribution in [2.75, 3.05) is 31.6 Å². The average molecular weight is 296 g/mol. The van der Waals surface area contributed by atoms with Crippen LogP contribution in [0.15, 0.2) is 53.7 Å². The van der Waals surface area contributed by atoms with Gasteiger partial charge in [0.25, 0.3) is 0 Å². The number of hydrogen-bond donors (Lipinski definition) is 1. The van der Waals surface area contributed by atoms with Crippen molar-refractivity contribution in [3.63, 3.8) is 0 Å². The van der Waals surface area contributed by atoms with Crippen LogP contribution in [0.3, 0.4) is 0 Å². The minimum Gasteiger partial charge on any atom is -0.378 e. The zero-order chi connectivity index (χ0) is 15.2. The highest BCUT2D eigenvalue weighted by atomic mass is 16.5. The average Bonchev–Trinajstić information content (AvgIpc) is 2.58. The molecule has 1 fully saturated rings. The van der Waals surface area contributed by atoms with E-state index in [-0.39, 0.29) is 0 Å². The molecule has 2 heterocycles. The lowest BCUT2D eigenvalue weighted by Crippen LogP contribution is -2.44. The van der Waals surface area contributed by atoms with Gasteiger partial charge in [-0.1, -0.05) is 18.2 Å². The van der Waals surface area contributed by atoms with Crippen LogP contribution in [-0.4, -0.2) is 42.1 Å². The molecule has 2 aromatic rings. The highest BCUT2D eigenvalue weighted by molar-refractivity contribution is 5.95. The molecule has 0 aliphatic carbocycles. The predicted molar refractivity (Wildman–Crippen MR) is 88.5 cm³/mol. The minimum atomic E-state index is 0.724. The number of anilines is 1. The Morgan fingerprint density at radius 3 is 2.64 bits per heavy atom. The number of guanidine groups is 1. The normalized spacial score (nSPS) is 15.7. The van der Waals surface area contributed by atoms with Crippen LogP contribution in [0.5, 0.6) is 0 Å². The fourth-order valence-electron chi connectivity index (χ4n) is 2.31. The van der Waals surface area contributed by atoms with Gasteiger partial charge >= 0.3 is 0 Å². The number of nitrogens with zero attached hydrogens (tertiary/aromatic N) is 3. The van der Waals surface area contributed by atoms with Crippen molar-refractivity contribution >= 4 is 17.3 Å². The Balaban J connectivity index is 1.90. The number of aliphatic imine (C=N–C) groups is 1. The first kappa shape index (κ1) is 14.5. The van der Waals surface area contributed by atoms with Crippen molar-refractivity contribution in [3.05, 3.63) is 54.4 Å². The molecule has 0 saturated carbocycles. The summed E-state index contributed by atoms with van der Waals surface area (Å²) in [6, 6.07) is 14.0. The van der Waals surface area contributed by atoms with Gasteiger partial charge in [0, 0.05) is 25.0 Å². The SMILES string of the molecule is Cc1ncccc1N=C(Nc1ccccc1)N1CCOCC1. The van der Waals surface area contributed by atoms with Crippen molar-refractivity contribution in [2.24, 2.45) is 4.99 Å². The summed E-state index contributed by atoms with van der Waals surface area (Å²) in [5.74, 6) is 0.839. The Kier molecular flexibility index (Phi) is 4.65. The van der Waals surface area contributed by atoms with E-state index in [2.05, 4.69) is 15.2 Å². The number of benzene rings is 1. The molecular formula is C17H20N4O. The summed E-state index contributed by atoms with van der Waals surface area (Å²) in [5.41, 5.74) is 2.82. The molecule has 1 aliphatic heterocycles. The van der Waals surface area contributed by atoms with Crippen LogP contribution in [0.4, 0.5) is 11.4 Å². The molecular weight excluding hydrogens is 276 g/mol. The van der Waals surface area contributed by atoms with Gasteiger partial charge < -0.3 is 15.0 Å². The van der Waals surface area contributed by atoms with Crippen molar-refractivity contribution in [2.45, 2.75) is 6.92 Å². The second-order valence-corrected chi connectivity index (χ2v) is 5.13. The van der Waals surface area contributed by atoms with Crippen molar-refractivity contribution in [1.82, 2.24) is 9.88 Å². The van der Waals surface area contributed by atoms with Gasteiger partial charge in [0.15, 0.2) is 0 Å². The zero-order valence-corrected chi connectivity index (χ0v) is 12.7. The van der Waals surface area contributed by atoms with Crippen LogP contribution in [0, 0.1) is 6.92 Å². The van der Waals surface area contributed by atoms with Gasteiger partial charge in [0.1, 0.15) is 0 Å². The van der Waals surface area contributed by atoms with Crippen LogP contribution in [0.1, 0.15) is 5.69 Å². The first-order valence-electron chi connectivity index (χ1n) is 7.48. The Morgan fingerprint density at radius 1 is 1.14 bits per heavy atom. The zero-order valence-electron chi connectivity index (χ0n) is 12.7. The summed E-state index contributed by atoms with van der Waals surface area (Å²) < 4.78 is 5.44. The third kappa shape index (κ3) is 3.62. The summed E-state index contributed by atoms with van der Waals surface area (Å²) in [6.45, 7) is 5.08. The second kappa shape index (κ2) is 7.04. The van der Waals surface area contributed by atoms with Crippen molar-refractivity contribution in [1.29, 1.82) is 0 Å². The van der Waals surface area contributed by atoms with Gasteiger partial charge in [-0.25, -0.2) is 4.99 Å². The summed E-state index contributed by atoms with van der Waals surface area (Å²) in [6.07, 6.45) is 1.79. The quantitative estimate of drug-likeness (QED) is 0.684. The number of pyridine rings is 1. The fraction of sp³-hybridized carbons (Fsp3) is 0.294. The van der Waals surface area contributed by atoms with Gasteiger partial charge in [0.2, 0.25) is 5.96 Å². The molecule has 0 unspecified atom stereocenters. The Bertz CT molecular complexity index is 636. The number of para-hydroxylation sites is 1. The van der Waals surface area contributed by atoms with Crippen molar-refractivity contribution in [3.8, 4) is 0 Å². The Morgan fingerprint density at radius 2 is 1.91 bits per heavy atom. The van der Waals surface area contributed by atoms with E-state index >= 15 is 0 Å². The Labute approximate surface area is 130 Å². The number of aryl methyl sites for hydroxylation is 1. The van der Waals surface area contributed by atoms with E-state index in [1.165, 1.54) is 0 Å². The lowest BCUT2D eigenvalue weighted by atomic mass is 10.3. The number of rotatable bonds is 2. The lowest BCUT2D eigenvalue weighted by Gasteiger charge is -2.30. The smallest absolute Gasteiger partial charge is 0.203 e. The molecule has 22 heavy (non-hydrogen) atoms. The maximum atomic E-state index is 5.44. The molecule has 3 rings (SSSR count). The molecule has 5 nitrogen and oxygen atoms in total. The maximum absolute atomic E-state index is 5.44. The van der Waals surface area contributed by atoms with E-state index in [9.17, 15) is 0 Å². The monoisotopic (exact) mass is 296 g/mol. The highest BCUT2D eigenvalue weighted by Gasteiger charge is 2.16. The third-order valence-electron chi connectivity index (χ3n) is 3.55. The van der Waals surface area contributed by atoms with Crippen molar-refractivity contribution < 1.29 is 4.74 Å². The molecule has 1 N–H and O–H groups in total. The van der Waals surface area contributed by atoms with Gasteiger partial charge in [-0.2, -0.15) is 0 Å². The minimum absolute atomic E-state index is 0.724. The fourth-order valence-corrected chi connectivity index (χ4v) is 2.31. The van der Waals surface area contributed by atoms with Crippen LogP contribution in [0.25, 0.3) is 0 Å². The standard InChI is InChI=1S/C17H20N4O/c1-14-16(8-5-9-18-14)20-17(21-10-12-22-13-11-21)19-15-6-3-2-4-7-15/h2-9H,10-13H2,1H3,(H,19,20). The van der Waals surface area contributed by atoms with E-state index in [4.69, 9.17) is 9.73 Å². The van der Waals surface area contributed by atoms with E-state index < -0.39 is 0 Å². The summed E-state index contributed by atoms with van der Waals surface area (Å²) in [5, 5.41) is 3.42. The van der Waals surface area contributed by atoms with E-state index in [0.29, 0.717) is 0 Å². The van der Waals surface area contributed by atoms with Gasteiger partial charge in [-0.3, -0.25) is 4.98 Å². The predicted octanol–water partition coefficient (Wildman–Crippen LogP) is 2.82. The number of morpholine rings is 1. The third-order valence-corrected chi connectivity index (χ3v) is 3.55. The molecule has 1 aromatic carbocycles. The van der Waals surface area contributed by atoms with Crippen LogP contribution in [-0.2, 0) is 4.74 Å². The van der Waals surface area contributed by atoms with Gasteiger partial charge in [-0.15, -0.1) is 0 Å². The lowest BCUT2D eigenvalue weighted by molar-refractivity contribution is 0.0680. The highest BCUT2D eigenvalue weighted by Crippen LogP contribution is 2.17. The maximum Gasteiger partial charge on any atom is 0.203 e. The number of nitrogens with one attached hydrogen (secondary N) is 1. The van der Waals surface area contributed by atoms with E-state index in [1.807, 2.05) is 49.4 Å². The molecule has 114 valence electrons. The summed E-state index contributed by atoms with van der Waals surface area (Å²) in [7, 11) is 0. The molecule has 0 amide bonds. The molecule has 0 atom stereocenters. The molecule has 1 aromatic heterocycles. The Hall–Kier alpha value is -2.40. The molecule has 1 saturated heterocycles. The topological polar surface area (TPSA) is 49.8 Å². The molecule has 0 bridgehead atoms.